The second-order valence-electron chi connectivity index (χ2n) is 5.27. The molecule has 0 amide bonds. The first-order valence-electron chi connectivity index (χ1n) is 7.57. The van der Waals surface area contributed by atoms with Crippen LogP contribution in [0.3, 0.4) is 0 Å². The quantitative estimate of drug-likeness (QED) is 0.826. The second-order valence-corrected chi connectivity index (χ2v) is 5.27. The van der Waals surface area contributed by atoms with E-state index in [0.29, 0.717) is 12.6 Å². The molecule has 110 valence electrons. The third-order valence-corrected chi connectivity index (χ3v) is 3.75. The molecule has 1 fully saturated rings. The minimum absolute atomic E-state index is 0.530. The lowest BCUT2D eigenvalue weighted by molar-refractivity contribution is 0.290. The SMILES string of the molecule is CCCOc1nc2c(c(N3CCNCC3)n1)CCNC2. The summed E-state index contributed by atoms with van der Waals surface area (Å²) in [6.07, 6.45) is 1.98. The van der Waals surface area contributed by atoms with E-state index in [1.165, 1.54) is 5.56 Å². The van der Waals surface area contributed by atoms with Crippen molar-refractivity contribution in [3.8, 4) is 6.01 Å². The van der Waals surface area contributed by atoms with E-state index in [4.69, 9.17) is 4.74 Å². The van der Waals surface area contributed by atoms with Crippen LogP contribution in [0.2, 0.25) is 0 Å². The summed E-state index contributed by atoms with van der Waals surface area (Å²) >= 11 is 0. The number of hydrogen-bond acceptors (Lipinski definition) is 6. The Kier molecular flexibility index (Phi) is 4.32. The summed E-state index contributed by atoms with van der Waals surface area (Å²) in [5.74, 6) is 1.09. The molecule has 2 N–H and O–H groups in total. The van der Waals surface area contributed by atoms with Crippen LogP contribution in [0.25, 0.3) is 0 Å². The monoisotopic (exact) mass is 277 g/mol. The molecule has 1 aromatic heterocycles. The van der Waals surface area contributed by atoms with Crippen LogP contribution in [0, 0.1) is 0 Å². The van der Waals surface area contributed by atoms with Crippen LogP contribution < -0.4 is 20.3 Å². The van der Waals surface area contributed by atoms with Gasteiger partial charge >= 0.3 is 6.01 Å². The Morgan fingerprint density at radius 3 is 2.80 bits per heavy atom. The van der Waals surface area contributed by atoms with Crippen LogP contribution in [-0.4, -0.2) is 49.3 Å². The molecule has 0 saturated carbocycles. The van der Waals surface area contributed by atoms with Gasteiger partial charge in [-0.25, -0.2) is 0 Å². The van der Waals surface area contributed by atoms with Crippen molar-refractivity contribution >= 4 is 5.82 Å². The molecule has 0 aromatic carbocycles. The summed E-state index contributed by atoms with van der Waals surface area (Å²) in [6, 6.07) is 0.530. The van der Waals surface area contributed by atoms with Gasteiger partial charge in [0, 0.05) is 38.3 Å². The molecule has 2 aliphatic rings. The van der Waals surface area contributed by atoms with Crippen molar-refractivity contribution in [3.05, 3.63) is 11.3 Å². The van der Waals surface area contributed by atoms with E-state index in [-0.39, 0.29) is 0 Å². The van der Waals surface area contributed by atoms with Gasteiger partial charge in [-0.3, -0.25) is 0 Å². The van der Waals surface area contributed by atoms with E-state index in [1.807, 2.05) is 0 Å². The van der Waals surface area contributed by atoms with Crippen molar-refractivity contribution in [1.29, 1.82) is 0 Å². The Morgan fingerprint density at radius 1 is 1.15 bits per heavy atom. The normalized spacial score (nSPS) is 18.8. The smallest absolute Gasteiger partial charge is 0.318 e. The summed E-state index contributed by atoms with van der Waals surface area (Å²) < 4.78 is 5.66. The standard InChI is InChI=1S/C14H23N5O/c1-2-9-20-14-17-12-10-16-4-3-11(12)13(18-14)19-7-5-15-6-8-19/h15-16H,2-10H2,1H3. The zero-order valence-corrected chi connectivity index (χ0v) is 12.1. The lowest BCUT2D eigenvalue weighted by atomic mass is 10.1. The zero-order valence-electron chi connectivity index (χ0n) is 12.1. The molecule has 0 bridgehead atoms. The molecule has 0 spiro atoms. The predicted octanol–water partition coefficient (Wildman–Crippen LogP) is 0.321. The Balaban J connectivity index is 1.91. The Morgan fingerprint density at radius 2 is 2.00 bits per heavy atom. The third-order valence-electron chi connectivity index (χ3n) is 3.75. The number of aromatic nitrogens is 2. The highest BCUT2D eigenvalue weighted by atomic mass is 16.5. The molecule has 6 nitrogen and oxygen atoms in total. The molecular weight excluding hydrogens is 254 g/mol. The van der Waals surface area contributed by atoms with Crippen molar-refractivity contribution < 1.29 is 4.74 Å². The first-order chi connectivity index (χ1) is 9.88. The Bertz CT molecular complexity index is 459. The van der Waals surface area contributed by atoms with E-state index in [2.05, 4.69) is 32.4 Å². The molecule has 1 aromatic rings. The maximum absolute atomic E-state index is 5.66. The number of nitrogens with one attached hydrogen (secondary N) is 2. The minimum Gasteiger partial charge on any atom is -0.463 e. The Labute approximate surface area is 119 Å². The van der Waals surface area contributed by atoms with Gasteiger partial charge in [0.25, 0.3) is 0 Å². The highest BCUT2D eigenvalue weighted by Gasteiger charge is 2.23. The number of ether oxygens (including phenoxy) is 1. The number of piperazine rings is 1. The molecule has 0 aliphatic carbocycles. The van der Waals surface area contributed by atoms with Crippen molar-refractivity contribution in [3.63, 3.8) is 0 Å². The number of fused-ring (bicyclic) bond motifs is 1. The van der Waals surface area contributed by atoms with Gasteiger partial charge in [-0.2, -0.15) is 9.97 Å². The fraction of sp³-hybridized carbons (Fsp3) is 0.714. The summed E-state index contributed by atoms with van der Waals surface area (Å²) in [4.78, 5) is 11.6. The molecule has 0 unspecified atom stereocenters. The molecule has 3 rings (SSSR count). The maximum Gasteiger partial charge on any atom is 0.318 e. The lowest BCUT2D eigenvalue weighted by Crippen LogP contribution is -2.45. The second kappa shape index (κ2) is 6.37. The molecule has 0 atom stereocenters. The van der Waals surface area contributed by atoms with Gasteiger partial charge in [-0.05, 0) is 19.4 Å². The first-order valence-corrected chi connectivity index (χ1v) is 7.57. The average Bonchev–Trinajstić information content (AvgIpc) is 2.53. The largest absolute Gasteiger partial charge is 0.463 e. The van der Waals surface area contributed by atoms with Gasteiger partial charge < -0.3 is 20.3 Å². The van der Waals surface area contributed by atoms with E-state index in [1.54, 1.807) is 0 Å². The number of hydrogen-bond donors (Lipinski definition) is 2. The number of anilines is 1. The van der Waals surface area contributed by atoms with E-state index < -0.39 is 0 Å². The lowest BCUT2D eigenvalue weighted by Gasteiger charge is -2.31. The first kappa shape index (κ1) is 13.6. The van der Waals surface area contributed by atoms with Crippen LogP contribution >= 0.6 is 0 Å². The molecule has 3 heterocycles. The molecular formula is C14H23N5O. The summed E-state index contributed by atoms with van der Waals surface area (Å²) in [5, 5.41) is 6.76. The number of rotatable bonds is 4. The summed E-state index contributed by atoms with van der Waals surface area (Å²) in [5.41, 5.74) is 2.40. The highest BCUT2D eigenvalue weighted by Crippen LogP contribution is 2.26. The van der Waals surface area contributed by atoms with E-state index in [9.17, 15) is 0 Å². The van der Waals surface area contributed by atoms with Gasteiger partial charge in [0.05, 0.1) is 12.3 Å². The van der Waals surface area contributed by atoms with Gasteiger partial charge in [0.15, 0.2) is 0 Å². The minimum atomic E-state index is 0.530. The van der Waals surface area contributed by atoms with Gasteiger partial charge in [-0.1, -0.05) is 6.92 Å². The fourth-order valence-corrected chi connectivity index (χ4v) is 2.71. The summed E-state index contributed by atoms with van der Waals surface area (Å²) in [6.45, 7) is 8.63. The fourth-order valence-electron chi connectivity index (χ4n) is 2.71. The topological polar surface area (TPSA) is 62.3 Å². The van der Waals surface area contributed by atoms with Crippen LogP contribution in [0.4, 0.5) is 5.82 Å². The molecule has 0 radical (unpaired) electrons. The van der Waals surface area contributed by atoms with Gasteiger partial charge in [-0.15, -0.1) is 0 Å². The van der Waals surface area contributed by atoms with Crippen molar-refractivity contribution in [2.45, 2.75) is 26.3 Å². The van der Waals surface area contributed by atoms with E-state index >= 15 is 0 Å². The van der Waals surface area contributed by atoms with Crippen molar-refractivity contribution in [2.24, 2.45) is 0 Å². The molecule has 20 heavy (non-hydrogen) atoms. The average molecular weight is 277 g/mol. The van der Waals surface area contributed by atoms with E-state index in [0.717, 1.165) is 63.6 Å². The van der Waals surface area contributed by atoms with Crippen LogP contribution in [0.15, 0.2) is 0 Å². The molecule has 6 heteroatoms. The zero-order chi connectivity index (χ0) is 13.8. The third kappa shape index (κ3) is 2.86. The van der Waals surface area contributed by atoms with Crippen molar-refractivity contribution in [2.75, 3.05) is 44.2 Å². The van der Waals surface area contributed by atoms with Crippen molar-refractivity contribution in [1.82, 2.24) is 20.6 Å². The summed E-state index contributed by atoms with van der Waals surface area (Å²) in [7, 11) is 0. The Hall–Kier alpha value is -1.40. The molecule has 2 aliphatic heterocycles. The van der Waals surface area contributed by atoms with Crippen LogP contribution in [-0.2, 0) is 13.0 Å². The maximum atomic E-state index is 5.66. The predicted molar refractivity (Wildman–Crippen MR) is 78.3 cm³/mol. The van der Waals surface area contributed by atoms with Gasteiger partial charge in [0.1, 0.15) is 5.82 Å². The van der Waals surface area contributed by atoms with Gasteiger partial charge in [0.2, 0.25) is 0 Å². The number of nitrogens with zero attached hydrogens (tertiary/aromatic N) is 3. The molecule has 1 saturated heterocycles. The van der Waals surface area contributed by atoms with Crippen LogP contribution in [0.1, 0.15) is 24.6 Å². The highest BCUT2D eigenvalue weighted by molar-refractivity contribution is 5.51. The van der Waals surface area contributed by atoms with Crippen LogP contribution in [0.5, 0.6) is 6.01 Å².